The van der Waals surface area contributed by atoms with Crippen molar-refractivity contribution in [3.63, 3.8) is 0 Å². The lowest BCUT2D eigenvalue weighted by Crippen LogP contribution is -1.95. The molecule has 0 aliphatic carbocycles. The molecule has 3 heteroatoms. The fourth-order valence-electron chi connectivity index (χ4n) is 1.16. The lowest BCUT2D eigenvalue weighted by atomic mass is 10.2. The Morgan fingerprint density at radius 3 is 1.88 bits per heavy atom. The molecule has 17 heavy (non-hydrogen) atoms. The van der Waals surface area contributed by atoms with E-state index >= 15 is 0 Å². The number of rotatable bonds is 1. The van der Waals surface area contributed by atoms with E-state index in [0.29, 0.717) is 5.69 Å². The zero-order chi connectivity index (χ0) is 12.7. The normalized spacial score (nSPS) is 9.00. The van der Waals surface area contributed by atoms with Gasteiger partial charge in [0.1, 0.15) is 0 Å². The average molecular weight is 229 g/mol. The Morgan fingerprint density at radius 1 is 1.00 bits per heavy atom. The van der Waals surface area contributed by atoms with E-state index < -0.39 is 5.97 Å². The van der Waals surface area contributed by atoms with Crippen molar-refractivity contribution in [3.8, 4) is 0 Å². The molecule has 88 valence electrons. The van der Waals surface area contributed by atoms with Gasteiger partial charge in [0.05, 0.1) is 5.56 Å². The molecule has 0 aliphatic heterocycles. The van der Waals surface area contributed by atoms with E-state index in [2.05, 4.69) is 19.1 Å². The molecule has 0 heterocycles. The van der Waals surface area contributed by atoms with E-state index in [-0.39, 0.29) is 5.56 Å². The minimum absolute atomic E-state index is 0.259. The standard InChI is InChI=1S/C7H7NO2.C7H8/c8-6-3-1-5(2-4-6)7(9)10;1-7-5-3-2-4-6-7/h1-4H,8H2,(H,9,10);2-6H,1H3. The number of nitrogen functional groups attached to an aromatic ring is 1. The second-order valence-corrected chi connectivity index (χ2v) is 3.58. The van der Waals surface area contributed by atoms with Gasteiger partial charge in [0, 0.05) is 5.69 Å². The first-order chi connectivity index (χ1) is 8.09. The SMILES string of the molecule is Cc1ccccc1.Nc1ccc(C(=O)O)cc1. The van der Waals surface area contributed by atoms with Gasteiger partial charge in [-0.3, -0.25) is 0 Å². The zero-order valence-electron chi connectivity index (χ0n) is 9.63. The van der Waals surface area contributed by atoms with Gasteiger partial charge in [0.25, 0.3) is 0 Å². The van der Waals surface area contributed by atoms with Crippen LogP contribution < -0.4 is 5.73 Å². The maximum Gasteiger partial charge on any atom is 0.335 e. The summed E-state index contributed by atoms with van der Waals surface area (Å²) in [6, 6.07) is 16.3. The molecule has 0 saturated heterocycles. The monoisotopic (exact) mass is 229 g/mol. The maximum absolute atomic E-state index is 10.3. The molecule has 0 amide bonds. The minimum atomic E-state index is -0.931. The predicted octanol–water partition coefficient (Wildman–Crippen LogP) is 2.96. The molecule has 2 rings (SSSR count). The van der Waals surface area contributed by atoms with Crippen molar-refractivity contribution in [3.05, 3.63) is 65.7 Å². The average Bonchev–Trinajstić information content (AvgIpc) is 2.31. The lowest BCUT2D eigenvalue weighted by Gasteiger charge is -1.93. The number of carbonyl (C=O) groups is 1. The molecular formula is C14H15NO2. The maximum atomic E-state index is 10.3. The molecule has 2 aromatic carbocycles. The fourth-order valence-corrected chi connectivity index (χ4v) is 1.16. The first-order valence-electron chi connectivity index (χ1n) is 5.20. The Balaban J connectivity index is 0.000000181. The first kappa shape index (κ1) is 12.8. The predicted molar refractivity (Wildman–Crippen MR) is 69.0 cm³/mol. The third kappa shape index (κ3) is 4.84. The molecule has 0 radical (unpaired) electrons. The van der Waals surface area contributed by atoms with Gasteiger partial charge in [-0.2, -0.15) is 0 Å². The van der Waals surface area contributed by atoms with Gasteiger partial charge >= 0.3 is 5.97 Å². The molecule has 0 atom stereocenters. The van der Waals surface area contributed by atoms with Gasteiger partial charge in [-0.05, 0) is 31.2 Å². The Morgan fingerprint density at radius 2 is 1.53 bits per heavy atom. The van der Waals surface area contributed by atoms with E-state index in [0.717, 1.165) is 0 Å². The van der Waals surface area contributed by atoms with E-state index in [9.17, 15) is 4.79 Å². The number of carboxylic acids is 1. The summed E-state index contributed by atoms with van der Waals surface area (Å²) < 4.78 is 0. The number of nitrogens with two attached hydrogens (primary N) is 1. The van der Waals surface area contributed by atoms with Crippen molar-refractivity contribution in [2.24, 2.45) is 0 Å². The van der Waals surface area contributed by atoms with Crippen molar-refractivity contribution in [1.82, 2.24) is 0 Å². The largest absolute Gasteiger partial charge is 0.478 e. The highest BCUT2D eigenvalue weighted by Crippen LogP contribution is 2.04. The molecule has 3 nitrogen and oxygen atoms in total. The molecule has 0 spiro atoms. The highest BCUT2D eigenvalue weighted by atomic mass is 16.4. The summed E-state index contributed by atoms with van der Waals surface area (Å²) >= 11 is 0. The Kier molecular flexibility index (Phi) is 4.76. The molecule has 0 fully saturated rings. The number of hydrogen-bond donors (Lipinski definition) is 2. The number of anilines is 1. The quantitative estimate of drug-likeness (QED) is 0.739. The summed E-state index contributed by atoms with van der Waals surface area (Å²) in [4.78, 5) is 10.3. The molecular weight excluding hydrogens is 214 g/mol. The van der Waals surface area contributed by atoms with Crippen molar-refractivity contribution in [2.75, 3.05) is 5.73 Å². The second kappa shape index (κ2) is 6.33. The lowest BCUT2D eigenvalue weighted by molar-refractivity contribution is 0.0697. The molecule has 2 aromatic rings. The van der Waals surface area contributed by atoms with Gasteiger partial charge in [-0.15, -0.1) is 0 Å². The summed E-state index contributed by atoms with van der Waals surface area (Å²) in [6.45, 7) is 2.08. The Hall–Kier alpha value is -2.29. The third-order valence-electron chi connectivity index (χ3n) is 2.10. The van der Waals surface area contributed by atoms with Crippen molar-refractivity contribution >= 4 is 11.7 Å². The van der Waals surface area contributed by atoms with Crippen LogP contribution in [0.3, 0.4) is 0 Å². The van der Waals surface area contributed by atoms with Crippen LogP contribution in [0.2, 0.25) is 0 Å². The molecule has 0 aliphatic rings. The van der Waals surface area contributed by atoms with Crippen LogP contribution in [0, 0.1) is 6.92 Å². The van der Waals surface area contributed by atoms with Crippen molar-refractivity contribution in [2.45, 2.75) is 6.92 Å². The highest BCUT2D eigenvalue weighted by molar-refractivity contribution is 5.87. The van der Waals surface area contributed by atoms with E-state index in [1.807, 2.05) is 18.2 Å². The summed E-state index contributed by atoms with van der Waals surface area (Å²) in [7, 11) is 0. The van der Waals surface area contributed by atoms with E-state index in [1.54, 1.807) is 12.1 Å². The van der Waals surface area contributed by atoms with Gasteiger partial charge in [0.15, 0.2) is 0 Å². The summed E-state index contributed by atoms with van der Waals surface area (Å²) in [6.07, 6.45) is 0. The number of aromatic carboxylic acids is 1. The van der Waals surface area contributed by atoms with Gasteiger partial charge in [-0.25, -0.2) is 4.79 Å². The van der Waals surface area contributed by atoms with Gasteiger partial charge < -0.3 is 10.8 Å². The van der Waals surface area contributed by atoms with Crippen LogP contribution in [0.4, 0.5) is 5.69 Å². The smallest absolute Gasteiger partial charge is 0.335 e. The van der Waals surface area contributed by atoms with Crippen molar-refractivity contribution in [1.29, 1.82) is 0 Å². The van der Waals surface area contributed by atoms with Crippen molar-refractivity contribution < 1.29 is 9.90 Å². The first-order valence-corrected chi connectivity index (χ1v) is 5.20. The molecule has 0 aromatic heterocycles. The Labute approximate surface area is 101 Å². The summed E-state index contributed by atoms with van der Waals surface area (Å²) in [5, 5.41) is 8.43. The third-order valence-corrected chi connectivity index (χ3v) is 2.10. The summed E-state index contributed by atoms with van der Waals surface area (Å²) in [5.41, 5.74) is 7.49. The van der Waals surface area contributed by atoms with Crippen LogP contribution >= 0.6 is 0 Å². The Bertz CT molecular complexity index is 463. The number of benzene rings is 2. The van der Waals surface area contributed by atoms with Crippen LogP contribution in [-0.2, 0) is 0 Å². The topological polar surface area (TPSA) is 63.3 Å². The molecule has 0 bridgehead atoms. The molecule has 3 N–H and O–H groups in total. The van der Waals surface area contributed by atoms with Crippen LogP contribution in [0.5, 0.6) is 0 Å². The highest BCUT2D eigenvalue weighted by Gasteiger charge is 1.98. The van der Waals surface area contributed by atoms with Gasteiger partial charge in [-0.1, -0.05) is 35.9 Å². The van der Waals surface area contributed by atoms with Crippen LogP contribution in [0.15, 0.2) is 54.6 Å². The molecule has 0 saturated carbocycles. The second-order valence-electron chi connectivity index (χ2n) is 3.58. The van der Waals surface area contributed by atoms with Gasteiger partial charge in [0.2, 0.25) is 0 Å². The fraction of sp³-hybridized carbons (Fsp3) is 0.0714. The number of hydrogen-bond acceptors (Lipinski definition) is 2. The minimum Gasteiger partial charge on any atom is -0.478 e. The van der Waals surface area contributed by atoms with E-state index in [4.69, 9.17) is 10.8 Å². The number of aryl methyl sites for hydroxylation is 1. The van der Waals surface area contributed by atoms with Crippen LogP contribution in [0.1, 0.15) is 15.9 Å². The van der Waals surface area contributed by atoms with Crippen LogP contribution in [0.25, 0.3) is 0 Å². The molecule has 0 unspecified atom stereocenters. The summed E-state index contributed by atoms with van der Waals surface area (Å²) in [5.74, 6) is -0.931. The van der Waals surface area contributed by atoms with E-state index in [1.165, 1.54) is 17.7 Å². The number of carboxylic acid groups (broad SMARTS) is 1. The zero-order valence-corrected chi connectivity index (χ0v) is 9.63. The van der Waals surface area contributed by atoms with Crippen LogP contribution in [-0.4, -0.2) is 11.1 Å².